The van der Waals surface area contributed by atoms with E-state index in [1.807, 2.05) is 63.2 Å². The number of benzene rings is 2. The van der Waals surface area contributed by atoms with E-state index in [4.69, 9.17) is 11.2 Å². The van der Waals surface area contributed by atoms with Crippen LogP contribution in [0.3, 0.4) is 0 Å². The highest BCUT2D eigenvalue weighted by molar-refractivity contribution is 5.93. The summed E-state index contributed by atoms with van der Waals surface area (Å²) in [6, 6.07) is 14.6. The summed E-state index contributed by atoms with van der Waals surface area (Å²) in [4.78, 5) is 43.0. The molecule has 0 aliphatic heterocycles. The van der Waals surface area contributed by atoms with Crippen molar-refractivity contribution in [3.05, 3.63) is 71.3 Å². The molecule has 7 nitrogen and oxygen atoms in total. The van der Waals surface area contributed by atoms with Crippen LogP contribution >= 0.6 is 0 Å². The standard InChI is InChI=1S/C32H41N3O4/c1-8-23-17-12-13-20-25(23)27(28(36)34-31(2,3)4)35(24-18-14-19-24)29(37)26(21-22-15-10-9-11-16-22)33-30(38)39-32(5,6)7/h1,9-13,15-17,20,24,26-27H,14,18-19,21H2,2-7H3,(H,33,38)(H,34,36). The molecule has 39 heavy (non-hydrogen) atoms. The van der Waals surface area contributed by atoms with Gasteiger partial charge in [-0.1, -0.05) is 54.5 Å². The van der Waals surface area contributed by atoms with Crippen molar-refractivity contribution in [3.63, 3.8) is 0 Å². The second-order valence-corrected chi connectivity index (χ2v) is 12.1. The first-order valence-corrected chi connectivity index (χ1v) is 13.5. The van der Waals surface area contributed by atoms with Crippen LogP contribution in [-0.2, 0) is 20.7 Å². The number of carbonyl (C=O) groups excluding carboxylic acids is 3. The summed E-state index contributed by atoms with van der Waals surface area (Å²) >= 11 is 0. The van der Waals surface area contributed by atoms with Gasteiger partial charge in [-0.2, -0.15) is 0 Å². The Hall–Kier alpha value is -3.79. The van der Waals surface area contributed by atoms with Gasteiger partial charge in [0, 0.05) is 23.6 Å². The number of amides is 3. The molecule has 2 aromatic rings. The molecule has 1 aliphatic rings. The molecule has 0 aromatic heterocycles. The van der Waals surface area contributed by atoms with Crippen LogP contribution in [0.5, 0.6) is 0 Å². The van der Waals surface area contributed by atoms with Gasteiger partial charge in [0.05, 0.1) is 0 Å². The minimum atomic E-state index is -0.965. The van der Waals surface area contributed by atoms with Gasteiger partial charge in [0.2, 0.25) is 11.8 Å². The van der Waals surface area contributed by atoms with Gasteiger partial charge in [0.15, 0.2) is 0 Å². The first-order chi connectivity index (χ1) is 18.3. The van der Waals surface area contributed by atoms with Crippen molar-refractivity contribution in [2.24, 2.45) is 0 Å². The number of alkyl carbamates (subject to hydrolysis) is 1. The van der Waals surface area contributed by atoms with Gasteiger partial charge >= 0.3 is 6.09 Å². The number of hydrogen-bond donors (Lipinski definition) is 2. The molecule has 3 amide bonds. The second kappa shape index (κ2) is 12.4. The highest BCUT2D eigenvalue weighted by Gasteiger charge is 2.43. The number of nitrogens with one attached hydrogen (secondary N) is 2. The van der Waals surface area contributed by atoms with Gasteiger partial charge in [-0.05, 0) is 78.0 Å². The molecule has 3 rings (SSSR count). The van der Waals surface area contributed by atoms with E-state index in [1.54, 1.807) is 37.8 Å². The molecule has 1 fully saturated rings. The topological polar surface area (TPSA) is 87.7 Å². The van der Waals surface area contributed by atoms with Gasteiger partial charge in [0.25, 0.3) is 0 Å². The van der Waals surface area contributed by atoms with Gasteiger partial charge in [-0.3, -0.25) is 9.59 Å². The van der Waals surface area contributed by atoms with Crippen molar-refractivity contribution in [2.45, 2.75) is 96.5 Å². The normalized spacial score (nSPS) is 15.2. The van der Waals surface area contributed by atoms with E-state index in [-0.39, 0.29) is 24.3 Å². The number of nitrogens with zero attached hydrogens (tertiary/aromatic N) is 1. The van der Waals surface area contributed by atoms with E-state index in [0.717, 1.165) is 24.8 Å². The lowest BCUT2D eigenvalue weighted by atomic mass is 9.86. The Balaban J connectivity index is 2.09. The third-order valence-corrected chi connectivity index (χ3v) is 6.43. The predicted octanol–water partition coefficient (Wildman–Crippen LogP) is 5.14. The fourth-order valence-corrected chi connectivity index (χ4v) is 4.58. The van der Waals surface area contributed by atoms with Crippen LogP contribution in [0.4, 0.5) is 4.79 Å². The Bertz CT molecular complexity index is 1200. The van der Waals surface area contributed by atoms with Crippen LogP contribution < -0.4 is 10.6 Å². The molecule has 1 aliphatic carbocycles. The van der Waals surface area contributed by atoms with Crippen LogP contribution in [0.1, 0.15) is 83.5 Å². The first kappa shape index (κ1) is 29.8. The van der Waals surface area contributed by atoms with Gasteiger partial charge < -0.3 is 20.3 Å². The summed E-state index contributed by atoms with van der Waals surface area (Å²) in [7, 11) is 0. The van der Waals surface area contributed by atoms with Crippen molar-refractivity contribution in [3.8, 4) is 12.3 Å². The maximum atomic E-state index is 14.5. The first-order valence-electron chi connectivity index (χ1n) is 13.5. The predicted molar refractivity (Wildman–Crippen MR) is 153 cm³/mol. The van der Waals surface area contributed by atoms with Crippen molar-refractivity contribution < 1.29 is 19.1 Å². The Morgan fingerprint density at radius 2 is 1.62 bits per heavy atom. The lowest BCUT2D eigenvalue weighted by Gasteiger charge is -2.44. The number of hydrogen-bond acceptors (Lipinski definition) is 4. The molecule has 0 spiro atoms. The maximum absolute atomic E-state index is 14.5. The second-order valence-electron chi connectivity index (χ2n) is 12.1. The van der Waals surface area contributed by atoms with Gasteiger partial charge in [-0.25, -0.2) is 4.79 Å². The summed E-state index contributed by atoms with van der Waals surface area (Å²) in [5, 5.41) is 5.86. The lowest BCUT2D eigenvalue weighted by Crippen LogP contribution is -2.59. The van der Waals surface area contributed by atoms with Crippen LogP contribution in [0.2, 0.25) is 0 Å². The van der Waals surface area contributed by atoms with Crippen molar-refractivity contribution in [1.82, 2.24) is 15.5 Å². The van der Waals surface area contributed by atoms with E-state index in [2.05, 4.69) is 16.6 Å². The largest absolute Gasteiger partial charge is 0.444 e. The fourth-order valence-electron chi connectivity index (χ4n) is 4.58. The van der Waals surface area contributed by atoms with Crippen LogP contribution in [-0.4, -0.2) is 46.0 Å². The molecule has 2 aromatic carbocycles. The van der Waals surface area contributed by atoms with Gasteiger partial charge in [-0.15, -0.1) is 6.42 Å². The van der Waals surface area contributed by atoms with Crippen LogP contribution in [0, 0.1) is 12.3 Å². The molecule has 2 atom stereocenters. The quantitative estimate of drug-likeness (QED) is 0.462. The van der Waals surface area contributed by atoms with Crippen LogP contribution in [0.15, 0.2) is 54.6 Å². The lowest BCUT2D eigenvalue weighted by molar-refractivity contribution is -0.148. The zero-order valence-corrected chi connectivity index (χ0v) is 23.9. The summed E-state index contributed by atoms with van der Waals surface area (Å²) in [6.45, 7) is 11.0. The molecule has 1 saturated carbocycles. The number of ether oxygens (including phenoxy) is 1. The third kappa shape index (κ3) is 8.35. The zero-order chi connectivity index (χ0) is 28.8. The molecular formula is C32H41N3O4. The monoisotopic (exact) mass is 531 g/mol. The fraction of sp³-hybridized carbons (Fsp3) is 0.469. The average molecular weight is 532 g/mol. The van der Waals surface area contributed by atoms with E-state index in [0.29, 0.717) is 11.1 Å². The summed E-state index contributed by atoms with van der Waals surface area (Å²) in [5.74, 6) is 2.01. The zero-order valence-electron chi connectivity index (χ0n) is 23.9. The molecule has 0 heterocycles. The minimum absolute atomic E-state index is 0.169. The van der Waals surface area contributed by atoms with Crippen molar-refractivity contribution in [1.29, 1.82) is 0 Å². The minimum Gasteiger partial charge on any atom is -0.444 e. The average Bonchev–Trinajstić information content (AvgIpc) is 2.80. The smallest absolute Gasteiger partial charge is 0.408 e. The summed E-state index contributed by atoms with van der Waals surface area (Å²) < 4.78 is 5.50. The highest BCUT2D eigenvalue weighted by atomic mass is 16.6. The Morgan fingerprint density at radius 1 is 1.00 bits per heavy atom. The van der Waals surface area contributed by atoms with E-state index in [9.17, 15) is 14.4 Å². The van der Waals surface area contributed by atoms with E-state index < -0.39 is 29.3 Å². The third-order valence-electron chi connectivity index (χ3n) is 6.43. The Kier molecular flexibility index (Phi) is 9.45. The highest BCUT2D eigenvalue weighted by Crippen LogP contribution is 2.35. The number of carbonyl (C=O) groups is 3. The van der Waals surface area contributed by atoms with Gasteiger partial charge in [0.1, 0.15) is 17.7 Å². The Labute approximate surface area is 232 Å². The SMILES string of the molecule is C#Cc1ccccc1C(C(=O)NC(C)(C)C)N(C(=O)C(Cc1ccccc1)NC(=O)OC(C)(C)C)C1CCC1. The molecule has 2 unspecified atom stereocenters. The molecule has 208 valence electrons. The van der Waals surface area contributed by atoms with Crippen LogP contribution in [0.25, 0.3) is 0 Å². The van der Waals surface area contributed by atoms with E-state index >= 15 is 0 Å². The molecule has 0 bridgehead atoms. The number of rotatable bonds is 8. The van der Waals surface area contributed by atoms with Crippen molar-refractivity contribution >= 4 is 17.9 Å². The molecular weight excluding hydrogens is 490 g/mol. The maximum Gasteiger partial charge on any atom is 0.408 e. The molecule has 2 N–H and O–H groups in total. The van der Waals surface area contributed by atoms with Crippen molar-refractivity contribution in [2.75, 3.05) is 0 Å². The summed E-state index contributed by atoms with van der Waals surface area (Å²) in [6.07, 6.45) is 7.86. The Morgan fingerprint density at radius 3 is 2.15 bits per heavy atom. The van der Waals surface area contributed by atoms with E-state index in [1.165, 1.54) is 0 Å². The molecule has 7 heteroatoms. The molecule has 0 saturated heterocycles. The number of terminal acetylenes is 1. The summed E-state index contributed by atoms with van der Waals surface area (Å²) in [5.41, 5.74) is 0.729. The molecule has 0 radical (unpaired) electrons.